The largest absolute Gasteiger partial charge is 0.489 e. The van der Waals surface area contributed by atoms with Gasteiger partial charge in [-0.15, -0.1) is 0 Å². The van der Waals surface area contributed by atoms with Crippen LogP contribution in [0.1, 0.15) is 35.0 Å². The maximum absolute atomic E-state index is 14.4. The van der Waals surface area contributed by atoms with E-state index in [1.807, 2.05) is 6.92 Å². The molecule has 4 rings (SSSR count). The van der Waals surface area contributed by atoms with Gasteiger partial charge in [0.25, 0.3) is 5.91 Å². The van der Waals surface area contributed by atoms with Gasteiger partial charge >= 0.3 is 0 Å². The van der Waals surface area contributed by atoms with E-state index in [4.69, 9.17) is 4.74 Å². The first-order valence-corrected chi connectivity index (χ1v) is 10.1. The van der Waals surface area contributed by atoms with Crippen LogP contribution in [0.25, 0.3) is 11.3 Å². The van der Waals surface area contributed by atoms with Gasteiger partial charge in [-0.05, 0) is 43.5 Å². The van der Waals surface area contributed by atoms with Crippen LogP contribution >= 0.6 is 0 Å². The number of ether oxygens (including phenoxy) is 1. The Hall–Kier alpha value is -3.26. The molecule has 0 aliphatic heterocycles. The second-order valence-corrected chi connectivity index (χ2v) is 7.11. The van der Waals surface area contributed by atoms with Gasteiger partial charge in [-0.3, -0.25) is 4.79 Å². The van der Waals surface area contributed by atoms with Crippen LogP contribution in [-0.2, 0) is 12.8 Å². The molecule has 0 atom stereocenters. The minimum atomic E-state index is -0.518. The van der Waals surface area contributed by atoms with E-state index in [1.54, 1.807) is 18.5 Å². The Kier molecular flexibility index (Phi) is 6.04. The first-order valence-electron chi connectivity index (χ1n) is 10.1. The third-order valence-electron chi connectivity index (χ3n) is 5.08. The molecule has 1 aliphatic rings. The fourth-order valence-corrected chi connectivity index (χ4v) is 3.64. The van der Waals surface area contributed by atoms with E-state index in [0.717, 1.165) is 48.3 Å². The molecule has 0 bridgehead atoms. The van der Waals surface area contributed by atoms with Crippen molar-refractivity contribution >= 4 is 11.6 Å². The van der Waals surface area contributed by atoms with Crippen molar-refractivity contribution in [2.75, 3.05) is 25.0 Å². The van der Waals surface area contributed by atoms with Gasteiger partial charge in [0, 0.05) is 41.9 Å². The number of likely N-dealkylation sites (N-methyl/N-ethyl adjacent to an activating group) is 1. The Balaban J connectivity index is 1.53. The average Bonchev–Trinajstić information content (AvgIpc) is 3.08. The molecule has 3 aromatic rings. The van der Waals surface area contributed by atoms with E-state index in [-0.39, 0.29) is 11.7 Å². The number of aromatic nitrogens is 3. The Morgan fingerprint density at radius 1 is 1.33 bits per heavy atom. The van der Waals surface area contributed by atoms with Crippen LogP contribution < -0.4 is 15.4 Å². The van der Waals surface area contributed by atoms with Crippen molar-refractivity contribution in [3.8, 4) is 17.0 Å². The zero-order valence-electron chi connectivity index (χ0n) is 16.8. The number of halogens is 1. The smallest absolute Gasteiger partial charge is 0.257 e. The predicted octanol–water partition coefficient (Wildman–Crippen LogP) is 3.34. The summed E-state index contributed by atoms with van der Waals surface area (Å²) in [5.41, 5.74) is 4.43. The molecule has 2 aromatic heterocycles. The Morgan fingerprint density at radius 2 is 2.23 bits per heavy atom. The molecule has 1 aliphatic carbocycles. The number of fused-ring (bicyclic) bond motifs is 3. The standard InChI is InChI=1S/C22H24FN5O2/c1-2-24-8-9-30-19-7-6-15(10-17(19)23)28-22(29)16-12-26-18-5-3-4-14-11-25-13-27-21(14)20(16)18/h6-7,10-13,24,26H,2-5,8-9H2,1H3,(H,28,29). The molecule has 3 N–H and O–H groups in total. The zero-order valence-corrected chi connectivity index (χ0v) is 16.8. The normalized spacial score (nSPS) is 12.6. The number of benzene rings is 1. The summed E-state index contributed by atoms with van der Waals surface area (Å²) < 4.78 is 19.8. The fraction of sp³-hybridized carbons (Fsp3) is 0.318. The minimum Gasteiger partial charge on any atom is -0.489 e. The van der Waals surface area contributed by atoms with Crippen molar-refractivity contribution in [3.05, 3.63) is 59.6 Å². The number of carbonyl (C=O) groups is 1. The molecule has 30 heavy (non-hydrogen) atoms. The summed E-state index contributed by atoms with van der Waals surface area (Å²) >= 11 is 0. The molecule has 0 saturated heterocycles. The lowest BCUT2D eigenvalue weighted by Gasteiger charge is -2.11. The Morgan fingerprint density at radius 3 is 3.07 bits per heavy atom. The molecule has 0 spiro atoms. The molecule has 0 fully saturated rings. The molecule has 156 valence electrons. The third-order valence-corrected chi connectivity index (χ3v) is 5.08. The highest BCUT2D eigenvalue weighted by Gasteiger charge is 2.24. The van der Waals surface area contributed by atoms with Crippen molar-refractivity contribution in [1.29, 1.82) is 0 Å². The summed E-state index contributed by atoms with van der Waals surface area (Å²) in [6.07, 6.45) is 7.62. The van der Waals surface area contributed by atoms with E-state index >= 15 is 0 Å². The summed E-state index contributed by atoms with van der Waals surface area (Å²) in [4.78, 5) is 24.7. The Bertz CT molecular complexity index is 1050. The summed E-state index contributed by atoms with van der Waals surface area (Å²) in [6, 6.07) is 4.42. The first kappa shape index (κ1) is 20.0. The molecule has 2 heterocycles. The van der Waals surface area contributed by atoms with Crippen LogP contribution in [-0.4, -0.2) is 40.6 Å². The van der Waals surface area contributed by atoms with Crippen LogP contribution in [0.5, 0.6) is 5.75 Å². The summed E-state index contributed by atoms with van der Waals surface area (Å²) in [5.74, 6) is -0.679. The fourth-order valence-electron chi connectivity index (χ4n) is 3.64. The number of rotatable bonds is 7. The van der Waals surface area contributed by atoms with Gasteiger partial charge in [0.15, 0.2) is 11.6 Å². The number of carbonyl (C=O) groups excluding carboxylic acids is 1. The molecule has 0 saturated carbocycles. The molecule has 0 radical (unpaired) electrons. The topological polar surface area (TPSA) is 91.9 Å². The lowest BCUT2D eigenvalue weighted by molar-refractivity contribution is 0.102. The lowest BCUT2D eigenvalue weighted by atomic mass is 10.0. The number of amides is 1. The van der Waals surface area contributed by atoms with E-state index in [2.05, 4.69) is 25.6 Å². The Labute approximate surface area is 174 Å². The van der Waals surface area contributed by atoms with Crippen LogP contribution in [0.4, 0.5) is 10.1 Å². The highest BCUT2D eigenvalue weighted by Crippen LogP contribution is 2.33. The molecule has 7 nitrogen and oxygen atoms in total. The second-order valence-electron chi connectivity index (χ2n) is 7.11. The average molecular weight is 409 g/mol. The van der Waals surface area contributed by atoms with Crippen molar-refractivity contribution in [3.63, 3.8) is 0 Å². The minimum absolute atomic E-state index is 0.159. The number of anilines is 1. The quantitative estimate of drug-likeness (QED) is 0.521. The van der Waals surface area contributed by atoms with Gasteiger partial charge in [0.2, 0.25) is 0 Å². The van der Waals surface area contributed by atoms with E-state index in [9.17, 15) is 9.18 Å². The SMILES string of the molecule is CCNCCOc1ccc(NC(=O)c2c[nH]c3c2-c2ncncc2CCC3)cc1F. The number of aryl methyl sites for hydroxylation is 2. The van der Waals surface area contributed by atoms with Crippen LogP contribution in [0.3, 0.4) is 0 Å². The van der Waals surface area contributed by atoms with Crippen molar-refractivity contribution in [2.45, 2.75) is 26.2 Å². The van der Waals surface area contributed by atoms with E-state index in [0.29, 0.717) is 24.4 Å². The molecule has 1 amide bonds. The van der Waals surface area contributed by atoms with Gasteiger partial charge < -0.3 is 20.4 Å². The van der Waals surface area contributed by atoms with Crippen molar-refractivity contribution in [2.24, 2.45) is 0 Å². The maximum Gasteiger partial charge on any atom is 0.257 e. The second kappa shape index (κ2) is 9.04. The van der Waals surface area contributed by atoms with Gasteiger partial charge in [-0.25, -0.2) is 14.4 Å². The highest BCUT2D eigenvalue weighted by atomic mass is 19.1. The first-order chi connectivity index (χ1) is 14.7. The molecule has 1 aromatic carbocycles. The monoisotopic (exact) mass is 409 g/mol. The highest BCUT2D eigenvalue weighted by molar-refractivity contribution is 6.09. The van der Waals surface area contributed by atoms with Crippen molar-refractivity contribution < 1.29 is 13.9 Å². The number of hydrogen-bond acceptors (Lipinski definition) is 5. The maximum atomic E-state index is 14.4. The predicted molar refractivity (Wildman–Crippen MR) is 112 cm³/mol. The van der Waals surface area contributed by atoms with E-state index < -0.39 is 5.82 Å². The number of aromatic amines is 1. The van der Waals surface area contributed by atoms with Gasteiger partial charge in [0.1, 0.15) is 12.9 Å². The summed E-state index contributed by atoms with van der Waals surface area (Å²) in [5, 5.41) is 5.89. The lowest BCUT2D eigenvalue weighted by Crippen LogP contribution is -2.20. The number of nitrogens with zero attached hydrogens (tertiary/aromatic N) is 2. The van der Waals surface area contributed by atoms with Crippen LogP contribution in [0.15, 0.2) is 36.9 Å². The van der Waals surface area contributed by atoms with Crippen LogP contribution in [0, 0.1) is 5.82 Å². The molecular formula is C22H24FN5O2. The summed E-state index contributed by atoms with van der Waals surface area (Å²) in [7, 11) is 0. The van der Waals surface area contributed by atoms with E-state index in [1.165, 1.54) is 18.5 Å². The molecule has 8 heteroatoms. The molecular weight excluding hydrogens is 385 g/mol. The number of hydrogen-bond donors (Lipinski definition) is 3. The number of nitrogens with one attached hydrogen (secondary N) is 3. The van der Waals surface area contributed by atoms with Crippen molar-refractivity contribution in [1.82, 2.24) is 20.3 Å². The zero-order chi connectivity index (χ0) is 20.9. The van der Waals surface area contributed by atoms with Gasteiger partial charge in [-0.2, -0.15) is 0 Å². The number of H-pyrrole nitrogens is 1. The van der Waals surface area contributed by atoms with Gasteiger partial charge in [-0.1, -0.05) is 6.92 Å². The van der Waals surface area contributed by atoms with Crippen LogP contribution in [0.2, 0.25) is 0 Å². The summed E-state index contributed by atoms with van der Waals surface area (Å²) in [6.45, 7) is 3.83. The third kappa shape index (κ3) is 4.18. The van der Waals surface area contributed by atoms with Gasteiger partial charge in [0.05, 0.1) is 11.3 Å². The molecule has 0 unspecified atom stereocenters.